The fraction of sp³-hybridized carbons (Fsp3) is 0.333. The van der Waals surface area contributed by atoms with Gasteiger partial charge in [0.15, 0.2) is 0 Å². The number of urea groups is 1. The zero-order valence-corrected chi connectivity index (χ0v) is 10.5. The van der Waals surface area contributed by atoms with E-state index in [2.05, 4.69) is 10.1 Å². The Hall–Kier alpha value is -2.24. The lowest BCUT2D eigenvalue weighted by Crippen LogP contribution is -2.33. The van der Waals surface area contributed by atoms with Gasteiger partial charge in [-0.1, -0.05) is 0 Å². The summed E-state index contributed by atoms with van der Waals surface area (Å²) in [6, 6.07) is 6.53. The van der Waals surface area contributed by atoms with Crippen molar-refractivity contribution >= 4 is 23.4 Å². The molecule has 0 unspecified atom stereocenters. The monoisotopic (exact) mass is 251 g/mol. The summed E-state index contributed by atoms with van der Waals surface area (Å²) >= 11 is 0. The highest BCUT2D eigenvalue weighted by atomic mass is 16.5. The zero-order chi connectivity index (χ0) is 13.5. The molecule has 1 aromatic rings. The van der Waals surface area contributed by atoms with Crippen LogP contribution in [0.3, 0.4) is 0 Å². The first-order valence-corrected chi connectivity index (χ1v) is 5.47. The fourth-order valence-electron chi connectivity index (χ4n) is 1.25. The van der Waals surface area contributed by atoms with Crippen LogP contribution in [0.25, 0.3) is 0 Å². The SMILES string of the molecule is COC(=O)CCN(C)C(=O)Nc1ccc(N)cc1. The van der Waals surface area contributed by atoms with Crippen molar-refractivity contribution in [3.05, 3.63) is 24.3 Å². The Morgan fingerprint density at radius 1 is 1.33 bits per heavy atom. The smallest absolute Gasteiger partial charge is 0.321 e. The molecule has 1 aromatic carbocycles. The second kappa shape index (κ2) is 6.48. The van der Waals surface area contributed by atoms with Gasteiger partial charge in [-0.05, 0) is 24.3 Å². The Bertz CT molecular complexity index is 417. The molecule has 0 aliphatic rings. The van der Waals surface area contributed by atoms with E-state index >= 15 is 0 Å². The standard InChI is InChI=1S/C12H17N3O3/c1-15(8-7-11(16)18-2)12(17)14-10-5-3-9(13)4-6-10/h3-6H,7-8,13H2,1-2H3,(H,14,17). The lowest BCUT2D eigenvalue weighted by molar-refractivity contribution is -0.140. The number of nitrogens with two attached hydrogens (primary N) is 1. The zero-order valence-electron chi connectivity index (χ0n) is 10.5. The van der Waals surface area contributed by atoms with E-state index in [-0.39, 0.29) is 18.4 Å². The second-order valence-corrected chi connectivity index (χ2v) is 3.80. The molecule has 18 heavy (non-hydrogen) atoms. The second-order valence-electron chi connectivity index (χ2n) is 3.80. The third-order valence-electron chi connectivity index (χ3n) is 2.39. The molecule has 0 saturated heterocycles. The molecular weight excluding hydrogens is 234 g/mol. The largest absolute Gasteiger partial charge is 0.469 e. The normalized spacial score (nSPS) is 9.67. The molecule has 0 atom stereocenters. The Balaban J connectivity index is 2.44. The number of anilines is 2. The summed E-state index contributed by atoms with van der Waals surface area (Å²) in [6.45, 7) is 0.299. The van der Waals surface area contributed by atoms with E-state index in [1.807, 2.05) is 0 Å². The third-order valence-corrected chi connectivity index (χ3v) is 2.39. The van der Waals surface area contributed by atoms with Gasteiger partial charge in [-0.3, -0.25) is 4.79 Å². The quantitative estimate of drug-likeness (QED) is 0.624. The van der Waals surface area contributed by atoms with E-state index in [9.17, 15) is 9.59 Å². The number of nitrogens with one attached hydrogen (secondary N) is 1. The summed E-state index contributed by atoms with van der Waals surface area (Å²) in [5.41, 5.74) is 6.82. The van der Waals surface area contributed by atoms with Gasteiger partial charge in [-0.25, -0.2) is 4.79 Å². The van der Waals surface area contributed by atoms with Crippen LogP contribution in [0.15, 0.2) is 24.3 Å². The average Bonchev–Trinajstić information content (AvgIpc) is 2.38. The van der Waals surface area contributed by atoms with Gasteiger partial charge in [0.25, 0.3) is 0 Å². The van der Waals surface area contributed by atoms with Crippen LogP contribution in [0.1, 0.15) is 6.42 Å². The molecule has 2 amide bonds. The van der Waals surface area contributed by atoms with Crippen molar-refractivity contribution in [1.82, 2.24) is 4.90 Å². The van der Waals surface area contributed by atoms with Gasteiger partial charge in [0.1, 0.15) is 0 Å². The highest BCUT2D eigenvalue weighted by Crippen LogP contribution is 2.10. The number of methoxy groups -OCH3 is 1. The van der Waals surface area contributed by atoms with Crippen molar-refractivity contribution in [2.75, 3.05) is 31.8 Å². The van der Waals surface area contributed by atoms with Crippen LogP contribution in [0.4, 0.5) is 16.2 Å². The number of nitrogens with zero attached hydrogens (tertiary/aromatic N) is 1. The number of amides is 2. The maximum absolute atomic E-state index is 11.7. The lowest BCUT2D eigenvalue weighted by atomic mass is 10.3. The number of carbonyl (C=O) groups excluding carboxylic acids is 2. The Labute approximate surface area is 106 Å². The number of benzene rings is 1. The van der Waals surface area contributed by atoms with Gasteiger partial charge in [-0.2, -0.15) is 0 Å². The summed E-state index contributed by atoms with van der Waals surface area (Å²) < 4.78 is 4.50. The highest BCUT2D eigenvalue weighted by Gasteiger charge is 2.10. The van der Waals surface area contributed by atoms with Crippen LogP contribution < -0.4 is 11.1 Å². The summed E-state index contributed by atoms with van der Waals surface area (Å²) in [5, 5.41) is 2.69. The first-order valence-electron chi connectivity index (χ1n) is 5.47. The number of hydrogen-bond donors (Lipinski definition) is 2. The summed E-state index contributed by atoms with van der Waals surface area (Å²) in [7, 11) is 2.92. The molecule has 3 N–H and O–H groups in total. The summed E-state index contributed by atoms with van der Waals surface area (Å²) in [4.78, 5) is 24.1. The molecule has 0 aromatic heterocycles. The van der Waals surface area contributed by atoms with Crippen LogP contribution in [-0.4, -0.2) is 37.6 Å². The molecule has 0 fully saturated rings. The maximum atomic E-state index is 11.7. The molecule has 0 heterocycles. The fourth-order valence-corrected chi connectivity index (χ4v) is 1.25. The molecule has 0 bridgehead atoms. The lowest BCUT2D eigenvalue weighted by Gasteiger charge is -2.17. The van der Waals surface area contributed by atoms with Crippen molar-refractivity contribution in [3.8, 4) is 0 Å². The first-order chi connectivity index (χ1) is 8.52. The predicted octanol–water partition coefficient (Wildman–Crippen LogP) is 1.30. The van der Waals surface area contributed by atoms with Crippen molar-refractivity contribution in [1.29, 1.82) is 0 Å². The molecule has 0 spiro atoms. The molecule has 6 nitrogen and oxygen atoms in total. The molecule has 1 rings (SSSR count). The van der Waals surface area contributed by atoms with E-state index in [1.54, 1.807) is 31.3 Å². The molecule has 0 radical (unpaired) electrons. The Morgan fingerprint density at radius 3 is 2.50 bits per heavy atom. The Morgan fingerprint density at radius 2 is 1.94 bits per heavy atom. The van der Waals surface area contributed by atoms with Crippen LogP contribution in [0, 0.1) is 0 Å². The van der Waals surface area contributed by atoms with Crippen molar-refractivity contribution in [3.63, 3.8) is 0 Å². The minimum absolute atomic E-state index is 0.169. The topological polar surface area (TPSA) is 84.7 Å². The van der Waals surface area contributed by atoms with Crippen molar-refractivity contribution in [2.45, 2.75) is 6.42 Å². The molecule has 0 saturated carbocycles. The number of rotatable bonds is 4. The number of nitrogen functional groups attached to an aromatic ring is 1. The maximum Gasteiger partial charge on any atom is 0.321 e. The van der Waals surface area contributed by atoms with Crippen LogP contribution in [-0.2, 0) is 9.53 Å². The molecule has 0 aliphatic heterocycles. The Kier molecular flexibility index (Phi) is 4.98. The minimum Gasteiger partial charge on any atom is -0.469 e. The predicted molar refractivity (Wildman–Crippen MR) is 69.1 cm³/mol. The molecular formula is C12H17N3O3. The highest BCUT2D eigenvalue weighted by molar-refractivity contribution is 5.89. The number of hydrogen-bond acceptors (Lipinski definition) is 4. The van der Waals surface area contributed by atoms with E-state index in [4.69, 9.17) is 5.73 Å². The van der Waals surface area contributed by atoms with E-state index in [1.165, 1.54) is 12.0 Å². The van der Waals surface area contributed by atoms with Crippen LogP contribution >= 0.6 is 0 Å². The van der Waals surface area contributed by atoms with Crippen molar-refractivity contribution < 1.29 is 14.3 Å². The van der Waals surface area contributed by atoms with Gasteiger partial charge < -0.3 is 20.7 Å². The summed E-state index contributed by atoms with van der Waals surface area (Å²) in [5.74, 6) is -0.345. The number of ether oxygens (including phenoxy) is 1. The third kappa shape index (κ3) is 4.32. The minimum atomic E-state index is -0.345. The number of carbonyl (C=O) groups is 2. The van der Waals surface area contributed by atoms with Crippen LogP contribution in [0.5, 0.6) is 0 Å². The van der Waals surface area contributed by atoms with E-state index in [0.717, 1.165) is 0 Å². The molecule has 98 valence electrons. The average molecular weight is 251 g/mol. The van der Waals surface area contributed by atoms with Gasteiger partial charge in [0, 0.05) is 25.0 Å². The van der Waals surface area contributed by atoms with Crippen LogP contribution in [0.2, 0.25) is 0 Å². The van der Waals surface area contributed by atoms with Gasteiger partial charge in [0.05, 0.1) is 13.5 Å². The first kappa shape index (κ1) is 13.8. The number of esters is 1. The van der Waals surface area contributed by atoms with Crippen molar-refractivity contribution in [2.24, 2.45) is 0 Å². The van der Waals surface area contributed by atoms with Gasteiger partial charge >= 0.3 is 12.0 Å². The van der Waals surface area contributed by atoms with Gasteiger partial charge in [0.2, 0.25) is 0 Å². The van der Waals surface area contributed by atoms with Gasteiger partial charge in [-0.15, -0.1) is 0 Å². The molecule has 6 heteroatoms. The van der Waals surface area contributed by atoms with E-state index < -0.39 is 0 Å². The van der Waals surface area contributed by atoms with E-state index in [0.29, 0.717) is 17.9 Å². The molecule has 0 aliphatic carbocycles. The summed E-state index contributed by atoms with van der Waals surface area (Å²) in [6.07, 6.45) is 0.169.